The van der Waals surface area contributed by atoms with E-state index in [0.717, 1.165) is 12.1 Å². The maximum Gasteiger partial charge on any atom is 0.416 e. The number of alkyl halides is 3. The van der Waals surface area contributed by atoms with Gasteiger partial charge in [-0.1, -0.05) is 0 Å². The third-order valence-corrected chi connectivity index (χ3v) is 2.82. The number of carbonyl (C=O) groups excluding carboxylic acids is 1. The Hall–Kier alpha value is -1.76. The van der Waals surface area contributed by atoms with E-state index in [1.807, 2.05) is 0 Å². The van der Waals surface area contributed by atoms with Gasteiger partial charge < -0.3 is 10.3 Å². The minimum atomic E-state index is -4.38. The molecule has 0 aliphatic carbocycles. The number of anilines is 1. The second-order valence-electron chi connectivity index (χ2n) is 3.76. The van der Waals surface area contributed by atoms with Crippen LogP contribution in [-0.4, -0.2) is 10.9 Å². The van der Waals surface area contributed by atoms with E-state index in [-0.39, 0.29) is 0 Å². The predicted octanol–water partition coefficient (Wildman–Crippen LogP) is 4.05. The molecule has 1 aromatic heterocycles. The summed E-state index contributed by atoms with van der Waals surface area (Å²) in [4.78, 5) is 14.4. The molecular formula is C12H8BrF3N2O. The van der Waals surface area contributed by atoms with Gasteiger partial charge in [-0.15, -0.1) is 0 Å². The molecule has 0 aliphatic rings. The van der Waals surface area contributed by atoms with Crippen LogP contribution in [0, 0.1) is 0 Å². The van der Waals surface area contributed by atoms with Gasteiger partial charge in [0.1, 0.15) is 5.69 Å². The monoisotopic (exact) mass is 332 g/mol. The fraction of sp³-hybridized carbons (Fsp3) is 0.0833. The lowest BCUT2D eigenvalue weighted by molar-refractivity contribution is -0.137. The van der Waals surface area contributed by atoms with Gasteiger partial charge in [0.2, 0.25) is 0 Å². The van der Waals surface area contributed by atoms with Crippen molar-refractivity contribution < 1.29 is 18.0 Å². The average Bonchev–Trinajstić information content (AvgIpc) is 2.75. The van der Waals surface area contributed by atoms with E-state index >= 15 is 0 Å². The lowest BCUT2D eigenvalue weighted by Crippen LogP contribution is -2.12. The Morgan fingerprint density at radius 1 is 1.21 bits per heavy atom. The smallest absolute Gasteiger partial charge is 0.356 e. The van der Waals surface area contributed by atoms with Crippen LogP contribution in [0.4, 0.5) is 18.9 Å². The molecule has 0 unspecified atom stereocenters. The highest BCUT2D eigenvalue weighted by atomic mass is 79.9. The number of hydrogen-bond acceptors (Lipinski definition) is 1. The van der Waals surface area contributed by atoms with Gasteiger partial charge in [-0.2, -0.15) is 13.2 Å². The van der Waals surface area contributed by atoms with E-state index in [2.05, 4.69) is 26.2 Å². The molecule has 0 aliphatic heterocycles. The third-order valence-electron chi connectivity index (χ3n) is 2.36. The maximum atomic E-state index is 12.4. The number of aromatic nitrogens is 1. The molecule has 0 bridgehead atoms. The molecule has 0 spiro atoms. The molecule has 19 heavy (non-hydrogen) atoms. The van der Waals surface area contributed by atoms with Crippen LogP contribution in [0.5, 0.6) is 0 Å². The Bertz CT molecular complexity index is 590. The van der Waals surface area contributed by atoms with Crippen molar-refractivity contribution in [3.63, 3.8) is 0 Å². The van der Waals surface area contributed by atoms with Gasteiger partial charge in [0, 0.05) is 16.4 Å². The van der Waals surface area contributed by atoms with Crippen molar-refractivity contribution in [1.29, 1.82) is 0 Å². The van der Waals surface area contributed by atoms with Crippen molar-refractivity contribution in [2.24, 2.45) is 0 Å². The number of rotatable bonds is 2. The van der Waals surface area contributed by atoms with Crippen molar-refractivity contribution in [2.75, 3.05) is 5.32 Å². The summed E-state index contributed by atoms with van der Waals surface area (Å²) in [5.41, 5.74) is -0.149. The Morgan fingerprint density at radius 3 is 2.32 bits per heavy atom. The predicted molar refractivity (Wildman–Crippen MR) is 67.9 cm³/mol. The van der Waals surface area contributed by atoms with Crippen molar-refractivity contribution in [1.82, 2.24) is 4.98 Å². The molecule has 1 amide bonds. The average molecular weight is 333 g/mol. The van der Waals surface area contributed by atoms with Crippen LogP contribution in [0.2, 0.25) is 0 Å². The fourth-order valence-corrected chi connectivity index (χ4v) is 1.78. The molecule has 0 atom stereocenters. The normalized spacial score (nSPS) is 11.4. The standard InChI is InChI=1S/C12H8BrF3N2O/c13-8-5-10(17-6-8)11(19)18-9-3-1-7(2-4-9)12(14,15)16/h1-6,17H,(H,18,19). The molecule has 0 radical (unpaired) electrons. The summed E-state index contributed by atoms with van der Waals surface area (Å²) in [5, 5.41) is 2.49. The Morgan fingerprint density at radius 2 is 1.84 bits per heavy atom. The van der Waals surface area contributed by atoms with Gasteiger partial charge >= 0.3 is 6.18 Å². The van der Waals surface area contributed by atoms with E-state index in [4.69, 9.17) is 0 Å². The molecule has 0 saturated carbocycles. The van der Waals surface area contributed by atoms with Crippen LogP contribution in [0.3, 0.4) is 0 Å². The zero-order chi connectivity index (χ0) is 14.0. The molecule has 1 heterocycles. The van der Waals surface area contributed by atoms with Crippen LogP contribution in [0.25, 0.3) is 0 Å². The third kappa shape index (κ3) is 3.37. The topological polar surface area (TPSA) is 44.9 Å². The molecule has 3 nitrogen and oxygen atoms in total. The van der Waals surface area contributed by atoms with Gasteiger partial charge in [-0.05, 0) is 46.3 Å². The zero-order valence-corrected chi connectivity index (χ0v) is 11.0. The summed E-state index contributed by atoms with van der Waals surface area (Å²) < 4.78 is 37.8. The summed E-state index contributed by atoms with van der Waals surface area (Å²) in [7, 11) is 0. The minimum Gasteiger partial charge on any atom is -0.356 e. The van der Waals surface area contributed by atoms with E-state index in [1.165, 1.54) is 12.1 Å². The highest BCUT2D eigenvalue weighted by molar-refractivity contribution is 9.10. The van der Waals surface area contributed by atoms with Gasteiger partial charge in [0.15, 0.2) is 0 Å². The molecule has 2 aromatic rings. The quantitative estimate of drug-likeness (QED) is 0.856. The van der Waals surface area contributed by atoms with Crippen LogP contribution in [-0.2, 0) is 6.18 Å². The Balaban J connectivity index is 2.10. The molecule has 0 fully saturated rings. The summed E-state index contributed by atoms with van der Waals surface area (Å²) in [6.07, 6.45) is -2.80. The minimum absolute atomic E-state index is 0.295. The summed E-state index contributed by atoms with van der Waals surface area (Å²) >= 11 is 3.18. The van der Waals surface area contributed by atoms with Crippen LogP contribution in [0.1, 0.15) is 16.1 Å². The van der Waals surface area contributed by atoms with E-state index in [0.29, 0.717) is 15.9 Å². The van der Waals surface area contributed by atoms with Crippen molar-refractivity contribution in [3.05, 3.63) is 52.3 Å². The number of hydrogen-bond donors (Lipinski definition) is 2. The summed E-state index contributed by atoms with van der Waals surface area (Å²) in [6, 6.07) is 5.82. The van der Waals surface area contributed by atoms with Gasteiger partial charge in [-0.3, -0.25) is 4.79 Å². The van der Waals surface area contributed by atoms with Crippen molar-refractivity contribution in [3.8, 4) is 0 Å². The number of benzene rings is 1. The van der Waals surface area contributed by atoms with Crippen LogP contribution in [0.15, 0.2) is 41.0 Å². The summed E-state index contributed by atoms with van der Waals surface area (Å²) in [6.45, 7) is 0. The number of aromatic amines is 1. The number of carbonyl (C=O) groups is 1. The zero-order valence-electron chi connectivity index (χ0n) is 9.38. The molecule has 100 valence electrons. The SMILES string of the molecule is O=C(Nc1ccc(C(F)(F)F)cc1)c1cc(Br)c[nH]1. The number of amides is 1. The largest absolute Gasteiger partial charge is 0.416 e. The molecule has 1 aromatic carbocycles. The van der Waals surface area contributed by atoms with Crippen molar-refractivity contribution in [2.45, 2.75) is 6.18 Å². The van der Waals surface area contributed by atoms with Crippen LogP contribution < -0.4 is 5.32 Å². The number of nitrogens with one attached hydrogen (secondary N) is 2. The Labute approximate surface area is 115 Å². The molecule has 0 saturated heterocycles. The Kier molecular flexibility index (Phi) is 3.66. The number of H-pyrrole nitrogens is 1. The first-order valence-electron chi connectivity index (χ1n) is 5.19. The van der Waals surface area contributed by atoms with Crippen molar-refractivity contribution >= 4 is 27.5 Å². The first-order chi connectivity index (χ1) is 8.86. The highest BCUT2D eigenvalue weighted by Gasteiger charge is 2.29. The molecular weight excluding hydrogens is 325 g/mol. The summed E-state index contributed by atoms with van der Waals surface area (Å²) in [5.74, 6) is -0.426. The van der Waals surface area contributed by atoms with Gasteiger partial charge in [0.05, 0.1) is 5.56 Å². The van der Waals surface area contributed by atoms with Crippen LogP contribution >= 0.6 is 15.9 Å². The van der Waals surface area contributed by atoms with E-state index in [1.54, 1.807) is 12.3 Å². The van der Waals surface area contributed by atoms with Gasteiger partial charge in [-0.25, -0.2) is 0 Å². The second-order valence-corrected chi connectivity index (χ2v) is 4.68. The van der Waals surface area contributed by atoms with E-state index < -0.39 is 17.6 Å². The van der Waals surface area contributed by atoms with E-state index in [9.17, 15) is 18.0 Å². The lowest BCUT2D eigenvalue weighted by Gasteiger charge is -2.08. The highest BCUT2D eigenvalue weighted by Crippen LogP contribution is 2.29. The lowest BCUT2D eigenvalue weighted by atomic mass is 10.2. The molecule has 2 rings (SSSR count). The maximum absolute atomic E-state index is 12.4. The molecule has 2 N–H and O–H groups in total. The van der Waals surface area contributed by atoms with Gasteiger partial charge in [0.25, 0.3) is 5.91 Å². The first-order valence-corrected chi connectivity index (χ1v) is 5.98. The fourth-order valence-electron chi connectivity index (χ4n) is 1.44. The number of halogens is 4. The first kappa shape index (κ1) is 13.7. The molecule has 7 heteroatoms. The second kappa shape index (κ2) is 5.08.